The summed E-state index contributed by atoms with van der Waals surface area (Å²) in [4.78, 5) is 4.55. The molecule has 2 rings (SSSR count). The second-order valence-electron chi connectivity index (χ2n) is 4.35. The van der Waals surface area contributed by atoms with Crippen LogP contribution in [0.5, 0.6) is 0 Å². The molecule has 0 saturated heterocycles. The molecule has 0 aromatic heterocycles. The first-order chi connectivity index (χ1) is 8.69. The number of hydrogen-bond acceptors (Lipinski definition) is 1. The minimum Gasteiger partial charge on any atom is -0.357 e. The fourth-order valence-corrected chi connectivity index (χ4v) is 2.29. The lowest BCUT2D eigenvalue weighted by Gasteiger charge is -2.10. The molecule has 1 aromatic rings. The van der Waals surface area contributed by atoms with Gasteiger partial charge in [-0.2, -0.15) is 0 Å². The summed E-state index contributed by atoms with van der Waals surface area (Å²) in [6, 6.07) is 6.48. The van der Waals surface area contributed by atoms with E-state index in [1.807, 2.05) is 18.2 Å². The summed E-state index contributed by atoms with van der Waals surface area (Å²) in [5.74, 6) is 0.874. The van der Waals surface area contributed by atoms with Gasteiger partial charge in [0.2, 0.25) is 0 Å². The maximum atomic E-state index is 6.17. The van der Waals surface area contributed by atoms with Crippen LogP contribution in [0.1, 0.15) is 25.3 Å². The molecule has 0 spiro atoms. The van der Waals surface area contributed by atoms with Crippen molar-refractivity contribution in [2.45, 2.75) is 32.4 Å². The number of nitrogens with one attached hydrogen (secondary N) is 2. The van der Waals surface area contributed by atoms with Crippen LogP contribution in [0.4, 0.5) is 0 Å². The SMILES string of the molecule is CCNC(=NCc1ccc(Br)cc1Cl)NC1CC1.I. The first-order valence-electron chi connectivity index (χ1n) is 6.18. The Hall–Kier alpha value is -0.0100. The van der Waals surface area contributed by atoms with E-state index in [1.54, 1.807) is 0 Å². The van der Waals surface area contributed by atoms with Crippen LogP contribution < -0.4 is 10.6 Å². The predicted octanol–water partition coefficient (Wildman–Crippen LogP) is 3.94. The minimum atomic E-state index is 0. The number of nitrogens with zero attached hydrogens (tertiary/aromatic N) is 1. The predicted molar refractivity (Wildman–Crippen MR) is 95.5 cm³/mol. The molecular weight excluding hydrogens is 440 g/mol. The third-order valence-electron chi connectivity index (χ3n) is 2.69. The molecule has 1 aliphatic carbocycles. The Bertz CT molecular complexity index is 450. The fraction of sp³-hybridized carbons (Fsp3) is 0.462. The van der Waals surface area contributed by atoms with E-state index in [0.29, 0.717) is 12.6 Å². The maximum Gasteiger partial charge on any atom is 0.191 e. The normalized spacial score (nSPS) is 14.8. The summed E-state index contributed by atoms with van der Waals surface area (Å²) >= 11 is 9.57. The van der Waals surface area contributed by atoms with Gasteiger partial charge < -0.3 is 10.6 Å². The molecule has 0 bridgehead atoms. The van der Waals surface area contributed by atoms with E-state index in [4.69, 9.17) is 11.6 Å². The lowest BCUT2D eigenvalue weighted by Crippen LogP contribution is -2.38. The highest BCUT2D eigenvalue weighted by Gasteiger charge is 2.22. The van der Waals surface area contributed by atoms with Gasteiger partial charge in [0, 0.05) is 22.1 Å². The highest BCUT2D eigenvalue weighted by Crippen LogP contribution is 2.22. The number of benzene rings is 1. The monoisotopic (exact) mass is 457 g/mol. The zero-order valence-electron chi connectivity index (χ0n) is 10.7. The molecule has 1 fully saturated rings. The van der Waals surface area contributed by atoms with Crippen molar-refractivity contribution in [3.8, 4) is 0 Å². The third kappa shape index (κ3) is 5.87. The fourth-order valence-electron chi connectivity index (χ4n) is 1.56. The molecule has 1 aromatic carbocycles. The van der Waals surface area contributed by atoms with Crippen molar-refractivity contribution < 1.29 is 0 Å². The van der Waals surface area contributed by atoms with Crippen molar-refractivity contribution in [3.05, 3.63) is 33.3 Å². The number of halogens is 3. The standard InChI is InChI=1S/C13H17BrClN3.HI/c1-2-16-13(18-11-5-6-11)17-8-9-3-4-10(14)7-12(9)15;/h3-4,7,11H,2,5-6,8H2,1H3,(H2,16,17,18);1H. The van der Waals surface area contributed by atoms with E-state index in [-0.39, 0.29) is 24.0 Å². The van der Waals surface area contributed by atoms with Gasteiger partial charge in [0.05, 0.1) is 6.54 Å². The van der Waals surface area contributed by atoms with Crippen molar-refractivity contribution in [2.24, 2.45) is 4.99 Å². The molecule has 2 N–H and O–H groups in total. The summed E-state index contributed by atoms with van der Waals surface area (Å²) in [6.07, 6.45) is 2.48. The van der Waals surface area contributed by atoms with E-state index in [1.165, 1.54) is 12.8 Å². The van der Waals surface area contributed by atoms with Crippen LogP contribution in [0.3, 0.4) is 0 Å². The molecule has 106 valence electrons. The van der Waals surface area contributed by atoms with E-state index in [0.717, 1.165) is 27.6 Å². The molecule has 1 aliphatic rings. The Kier molecular flexibility index (Phi) is 7.46. The molecular formula is C13H18BrClIN3. The maximum absolute atomic E-state index is 6.17. The van der Waals surface area contributed by atoms with Crippen LogP contribution in [-0.4, -0.2) is 18.5 Å². The second kappa shape index (κ2) is 8.32. The van der Waals surface area contributed by atoms with Gasteiger partial charge in [-0.3, -0.25) is 0 Å². The summed E-state index contributed by atoms with van der Waals surface area (Å²) in [6.45, 7) is 3.53. The smallest absolute Gasteiger partial charge is 0.191 e. The molecule has 3 nitrogen and oxygen atoms in total. The van der Waals surface area contributed by atoms with Gasteiger partial charge in [-0.15, -0.1) is 24.0 Å². The lowest BCUT2D eigenvalue weighted by atomic mass is 10.2. The largest absolute Gasteiger partial charge is 0.357 e. The van der Waals surface area contributed by atoms with Crippen molar-refractivity contribution in [2.75, 3.05) is 6.54 Å². The number of rotatable bonds is 4. The highest BCUT2D eigenvalue weighted by molar-refractivity contribution is 14.0. The van der Waals surface area contributed by atoms with E-state index < -0.39 is 0 Å². The molecule has 0 unspecified atom stereocenters. The van der Waals surface area contributed by atoms with E-state index in [2.05, 4.69) is 38.5 Å². The Morgan fingerprint density at radius 2 is 2.21 bits per heavy atom. The van der Waals surface area contributed by atoms with Gasteiger partial charge in [0.15, 0.2) is 5.96 Å². The first-order valence-corrected chi connectivity index (χ1v) is 7.35. The van der Waals surface area contributed by atoms with Crippen LogP contribution in [-0.2, 0) is 6.54 Å². The molecule has 0 heterocycles. The van der Waals surface area contributed by atoms with Crippen molar-refractivity contribution >= 4 is 57.5 Å². The lowest BCUT2D eigenvalue weighted by molar-refractivity contribution is 0.812. The molecule has 0 amide bonds. The third-order valence-corrected chi connectivity index (χ3v) is 3.53. The Morgan fingerprint density at radius 1 is 1.47 bits per heavy atom. The van der Waals surface area contributed by atoms with Gasteiger partial charge in [-0.25, -0.2) is 4.99 Å². The van der Waals surface area contributed by atoms with E-state index in [9.17, 15) is 0 Å². The summed E-state index contributed by atoms with van der Waals surface area (Å²) < 4.78 is 0.989. The first kappa shape index (κ1) is 17.0. The summed E-state index contributed by atoms with van der Waals surface area (Å²) in [7, 11) is 0. The van der Waals surface area contributed by atoms with Gasteiger partial charge >= 0.3 is 0 Å². The minimum absolute atomic E-state index is 0. The molecule has 19 heavy (non-hydrogen) atoms. The van der Waals surface area contributed by atoms with Crippen LogP contribution in [0, 0.1) is 0 Å². The zero-order valence-corrected chi connectivity index (χ0v) is 15.4. The van der Waals surface area contributed by atoms with Crippen LogP contribution in [0.15, 0.2) is 27.7 Å². The summed E-state index contributed by atoms with van der Waals surface area (Å²) in [5.41, 5.74) is 1.04. The number of guanidine groups is 1. The molecule has 6 heteroatoms. The van der Waals surface area contributed by atoms with Crippen LogP contribution >= 0.6 is 51.5 Å². The van der Waals surface area contributed by atoms with Gasteiger partial charge in [-0.05, 0) is 37.5 Å². The van der Waals surface area contributed by atoms with Crippen molar-refractivity contribution in [3.63, 3.8) is 0 Å². The molecule has 0 aliphatic heterocycles. The van der Waals surface area contributed by atoms with E-state index >= 15 is 0 Å². The molecule has 0 atom stereocenters. The quantitative estimate of drug-likeness (QED) is 0.408. The van der Waals surface area contributed by atoms with Gasteiger partial charge in [-0.1, -0.05) is 33.6 Å². The van der Waals surface area contributed by atoms with Gasteiger partial charge in [0.1, 0.15) is 0 Å². The Balaban J connectivity index is 0.00000180. The second-order valence-corrected chi connectivity index (χ2v) is 5.67. The van der Waals surface area contributed by atoms with Gasteiger partial charge in [0.25, 0.3) is 0 Å². The highest BCUT2D eigenvalue weighted by atomic mass is 127. The molecule has 0 radical (unpaired) electrons. The number of aliphatic imine (C=N–C) groups is 1. The van der Waals surface area contributed by atoms with Crippen LogP contribution in [0.2, 0.25) is 5.02 Å². The Labute approximate surface area is 144 Å². The molecule has 1 saturated carbocycles. The average molecular weight is 459 g/mol. The topological polar surface area (TPSA) is 36.4 Å². The Morgan fingerprint density at radius 3 is 2.79 bits per heavy atom. The summed E-state index contributed by atoms with van der Waals surface area (Å²) in [5, 5.41) is 7.37. The average Bonchev–Trinajstić information content (AvgIpc) is 3.12. The zero-order chi connectivity index (χ0) is 13.0. The van der Waals surface area contributed by atoms with Crippen molar-refractivity contribution in [1.82, 2.24) is 10.6 Å². The number of hydrogen-bond donors (Lipinski definition) is 2. The van der Waals surface area contributed by atoms with Crippen molar-refractivity contribution in [1.29, 1.82) is 0 Å². The van der Waals surface area contributed by atoms with Crippen LogP contribution in [0.25, 0.3) is 0 Å².